The number of nitrogens with zero attached hydrogens (tertiary/aromatic N) is 1. The van der Waals surface area contributed by atoms with E-state index in [1.54, 1.807) is 0 Å². The van der Waals surface area contributed by atoms with E-state index in [4.69, 9.17) is 4.74 Å². The van der Waals surface area contributed by atoms with Gasteiger partial charge in [0.2, 0.25) is 0 Å². The molecular weight excluding hydrogens is 266 g/mol. The Morgan fingerprint density at radius 1 is 1.24 bits per heavy atom. The van der Waals surface area contributed by atoms with Crippen LogP contribution in [0.4, 0.5) is 4.79 Å². The van der Waals surface area contributed by atoms with E-state index in [1.165, 1.54) is 0 Å². The van der Waals surface area contributed by atoms with Crippen LogP contribution in [0.15, 0.2) is 0 Å². The van der Waals surface area contributed by atoms with E-state index in [0.717, 1.165) is 32.1 Å². The van der Waals surface area contributed by atoms with Crippen molar-refractivity contribution in [2.75, 3.05) is 6.54 Å². The van der Waals surface area contributed by atoms with Crippen molar-refractivity contribution < 1.29 is 14.3 Å². The summed E-state index contributed by atoms with van der Waals surface area (Å²) in [4.78, 5) is 26.6. The molecule has 0 aromatic heterocycles. The maximum Gasteiger partial charge on any atom is 0.410 e. The summed E-state index contributed by atoms with van der Waals surface area (Å²) in [5.74, 6) is 0.936. The number of carbonyl (C=O) groups is 2. The Balaban J connectivity index is 2.13. The lowest BCUT2D eigenvalue weighted by Crippen LogP contribution is -2.52. The molecule has 1 amide bonds. The Morgan fingerprint density at radius 2 is 1.95 bits per heavy atom. The van der Waals surface area contributed by atoms with E-state index in [9.17, 15) is 9.59 Å². The number of piperidine rings is 1. The molecule has 3 unspecified atom stereocenters. The standard InChI is InChI=1S/C17H29NO3/c1-12-9-10-18(16(20)21-17(2,3)4)14(11-12)13-7-5-6-8-15(13)19/h12-14H,5-11H2,1-4H3. The van der Waals surface area contributed by atoms with Gasteiger partial charge < -0.3 is 9.64 Å². The smallest absolute Gasteiger partial charge is 0.410 e. The number of likely N-dealkylation sites (tertiary alicyclic amines) is 1. The minimum Gasteiger partial charge on any atom is -0.444 e. The highest BCUT2D eigenvalue weighted by atomic mass is 16.6. The molecule has 0 bridgehead atoms. The van der Waals surface area contributed by atoms with Gasteiger partial charge in [0.1, 0.15) is 11.4 Å². The molecule has 120 valence electrons. The van der Waals surface area contributed by atoms with Gasteiger partial charge in [-0.2, -0.15) is 0 Å². The summed E-state index contributed by atoms with van der Waals surface area (Å²) in [7, 11) is 0. The monoisotopic (exact) mass is 295 g/mol. The van der Waals surface area contributed by atoms with Crippen molar-refractivity contribution >= 4 is 11.9 Å². The number of Topliss-reactive ketones (excluding diaryl/α,β-unsaturated/α-hetero) is 1. The highest BCUT2D eigenvalue weighted by Crippen LogP contribution is 2.34. The first-order valence-corrected chi connectivity index (χ1v) is 8.30. The molecule has 2 rings (SSSR count). The van der Waals surface area contributed by atoms with Crippen LogP contribution < -0.4 is 0 Å². The highest BCUT2D eigenvalue weighted by molar-refractivity contribution is 5.83. The quantitative estimate of drug-likeness (QED) is 0.739. The molecule has 4 heteroatoms. The fourth-order valence-electron chi connectivity index (χ4n) is 3.53. The number of hydrogen-bond donors (Lipinski definition) is 0. The van der Waals surface area contributed by atoms with E-state index in [1.807, 2.05) is 25.7 Å². The Morgan fingerprint density at radius 3 is 2.57 bits per heavy atom. The Labute approximate surface area is 128 Å². The van der Waals surface area contributed by atoms with Crippen LogP contribution in [-0.2, 0) is 9.53 Å². The van der Waals surface area contributed by atoms with E-state index in [0.29, 0.717) is 24.7 Å². The molecule has 3 atom stereocenters. The van der Waals surface area contributed by atoms with Gasteiger partial charge in [-0.3, -0.25) is 4.79 Å². The topological polar surface area (TPSA) is 46.6 Å². The molecule has 2 aliphatic rings. The lowest BCUT2D eigenvalue weighted by Gasteiger charge is -2.43. The normalized spacial score (nSPS) is 31.1. The van der Waals surface area contributed by atoms with Gasteiger partial charge in [-0.15, -0.1) is 0 Å². The molecule has 0 spiro atoms. The van der Waals surface area contributed by atoms with Gasteiger partial charge >= 0.3 is 6.09 Å². The van der Waals surface area contributed by atoms with Crippen LogP contribution in [0.25, 0.3) is 0 Å². The second-order valence-electron chi connectivity index (χ2n) is 7.69. The number of ketones is 1. The third kappa shape index (κ3) is 4.21. The third-order valence-electron chi connectivity index (χ3n) is 4.60. The van der Waals surface area contributed by atoms with E-state index in [2.05, 4.69) is 6.92 Å². The summed E-state index contributed by atoms with van der Waals surface area (Å²) in [6.07, 6.45) is 5.38. The van der Waals surface area contributed by atoms with Gasteiger partial charge in [-0.1, -0.05) is 13.3 Å². The summed E-state index contributed by atoms with van der Waals surface area (Å²) < 4.78 is 5.54. The summed E-state index contributed by atoms with van der Waals surface area (Å²) >= 11 is 0. The van der Waals surface area contributed by atoms with Crippen LogP contribution in [0.5, 0.6) is 0 Å². The number of amides is 1. The van der Waals surface area contributed by atoms with Crippen molar-refractivity contribution in [1.82, 2.24) is 4.90 Å². The average Bonchev–Trinajstić information content (AvgIpc) is 2.37. The number of rotatable bonds is 1. The van der Waals surface area contributed by atoms with Crippen LogP contribution in [-0.4, -0.2) is 35.0 Å². The van der Waals surface area contributed by atoms with Gasteiger partial charge in [0.05, 0.1) is 0 Å². The number of ether oxygens (including phenoxy) is 1. The molecule has 1 aliphatic heterocycles. The molecule has 1 heterocycles. The predicted molar refractivity (Wildman–Crippen MR) is 82.1 cm³/mol. The number of carbonyl (C=O) groups excluding carboxylic acids is 2. The van der Waals surface area contributed by atoms with Gasteiger partial charge in [0, 0.05) is 24.9 Å². The summed E-state index contributed by atoms with van der Waals surface area (Å²) in [6, 6.07) is 0.0383. The first-order chi connectivity index (χ1) is 9.78. The molecule has 1 aliphatic carbocycles. The second kappa shape index (κ2) is 6.37. The first kappa shape index (κ1) is 16.3. The zero-order valence-corrected chi connectivity index (χ0v) is 13.9. The van der Waals surface area contributed by atoms with Gasteiger partial charge in [-0.05, 0) is 52.4 Å². The zero-order chi connectivity index (χ0) is 15.6. The maximum atomic E-state index is 12.5. The molecule has 1 saturated carbocycles. The maximum absolute atomic E-state index is 12.5. The first-order valence-electron chi connectivity index (χ1n) is 8.30. The molecule has 21 heavy (non-hydrogen) atoms. The molecule has 0 N–H and O–H groups in total. The van der Waals surface area contributed by atoms with Crippen molar-refractivity contribution in [2.24, 2.45) is 11.8 Å². The summed E-state index contributed by atoms with van der Waals surface area (Å²) in [5, 5.41) is 0. The van der Waals surface area contributed by atoms with Crippen LogP contribution in [0.2, 0.25) is 0 Å². The lowest BCUT2D eigenvalue weighted by atomic mass is 9.77. The van der Waals surface area contributed by atoms with Gasteiger partial charge in [0.25, 0.3) is 0 Å². The second-order valence-corrected chi connectivity index (χ2v) is 7.69. The van der Waals surface area contributed by atoms with E-state index < -0.39 is 5.60 Å². The Kier molecular flexibility index (Phi) is 4.95. The Hall–Kier alpha value is -1.06. The van der Waals surface area contributed by atoms with Crippen molar-refractivity contribution in [3.8, 4) is 0 Å². The molecule has 0 aromatic rings. The minimum atomic E-state index is -0.485. The minimum absolute atomic E-state index is 0.0222. The molecule has 2 fully saturated rings. The van der Waals surface area contributed by atoms with Crippen molar-refractivity contribution in [1.29, 1.82) is 0 Å². The largest absolute Gasteiger partial charge is 0.444 e. The summed E-state index contributed by atoms with van der Waals surface area (Å²) in [6.45, 7) is 8.59. The molecule has 1 saturated heterocycles. The van der Waals surface area contributed by atoms with E-state index >= 15 is 0 Å². The molecule has 4 nitrogen and oxygen atoms in total. The Bertz CT molecular complexity index is 399. The molecular formula is C17H29NO3. The highest BCUT2D eigenvalue weighted by Gasteiger charge is 2.40. The van der Waals surface area contributed by atoms with Crippen molar-refractivity contribution in [3.63, 3.8) is 0 Å². The van der Waals surface area contributed by atoms with Crippen molar-refractivity contribution in [2.45, 2.75) is 77.9 Å². The van der Waals surface area contributed by atoms with Gasteiger partial charge in [-0.25, -0.2) is 4.79 Å². The molecule has 0 aromatic carbocycles. The van der Waals surface area contributed by atoms with E-state index in [-0.39, 0.29) is 18.1 Å². The number of hydrogen-bond acceptors (Lipinski definition) is 3. The van der Waals surface area contributed by atoms with Gasteiger partial charge in [0.15, 0.2) is 0 Å². The van der Waals surface area contributed by atoms with Crippen LogP contribution in [0.1, 0.15) is 66.2 Å². The zero-order valence-electron chi connectivity index (χ0n) is 13.9. The predicted octanol–water partition coefficient (Wildman–Crippen LogP) is 3.78. The fourth-order valence-corrected chi connectivity index (χ4v) is 3.53. The lowest BCUT2D eigenvalue weighted by molar-refractivity contribution is -0.127. The van der Waals surface area contributed by atoms with Crippen molar-refractivity contribution in [3.05, 3.63) is 0 Å². The summed E-state index contributed by atoms with van der Waals surface area (Å²) in [5.41, 5.74) is -0.485. The van der Waals surface area contributed by atoms with Crippen LogP contribution in [0.3, 0.4) is 0 Å². The average molecular weight is 295 g/mol. The van der Waals surface area contributed by atoms with Crippen LogP contribution in [0, 0.1) is 11.8 Å². The SMILES string of the molecule is CC1CCN(C(=O)OC(C)(C)C)C(C2CCCCC2=O)C1. The van der Waals surface area contributed by atoms with Crippen LogP contribution >= 0.6 is 0 Å². The fraction of sp³-hybridized carbons (Fsp3) is 0.882. The third-order valence-corrected chi connectivity index (χ3v) is 4.60. The molecule has 0 radical (unpaired) electrons.